The van der Waals surface area contributed by atoms with Gasteiger partial charge in [-0.1, -0.05) is 12.1 Å². The number of fused-ring (bicyclic) bond motifs is 1. The summed E-state index contributed by atoms with van der Waals surface area (Å²) < 4.78 is 11.2. The minimum Gasteiger partial charge on any atom is -0.486 e. The van der Waals surface area contributed by atoms with Crippen molar-refractivity contribution >= 4 is 0 Å². The van der Waals surface area contributed by atoms with Gasteiger partial charge in [0.15, 0.2) is 11.5 Å². The minimum atomic E-state index is 0.446. The van der Waals surface area contributed by atoms with Crippen LogP contribution < -0.4 is 14.8 Å². The molecule has 25 heavy (non-hydrogen) atoms. The van der Waals surface area contributed by atoms with E-state index in [1.165, 1.54) is 17.5 Å². The zero-order valence-corrected chi connectivity index (χ0v) is 14.6. The van der Waals surface area contributed by atoms with Crippen molar-refractivity contribution in [3.63, 3.8) is 0 Å². The Kier molecular flexibility index (Phi) is 4.85. The molecule has 0 aliphatic carbocycles. The van der Waals surface area contributed by atoms with Crippen molar-refractivity contribution in [2.24, 2.45) is 5.92 Å². The van der Waals surface area contributed by atoms with Crippen LogP contribution in [0.15, 0.2) is 42.7 Å². The maximum atomic E-state index is 5.67. The molecule has 5 nitrogen and oxygen atoms in total. The molecule has 2 aliphatic heterocycles. The number of ether oxygens (including phenoxy) is 2. The number of aromatic nitrogens is 1. The molecule has 1 fully saturated rings. The van der Waals surface area contributed by atoms with Crippen LogP contribution in [0.1, 0.15) is 23.6 Å². The van der Waals surface area contributed by atoms with Crippen molar-refractivity contribution in [1.82, 2.24) is 15.2 Å². The molecule has 3 heterocycles. The molecular formula is C20H25N3O2. The first-order valence-electron chi connectivity index (χ1n) is 9.00. The highest BCUT2D eigenvalue weighted by Crippen LogP contribution is 2.35. The fraction of sp³-hybridized carbons (Fsp3) is 0.450. The van der Waals surface area contributed by atoms with Gasteiger partial charge in [-0.05, 0) is 55.3 Å². The van der Waals surface area contributed by atoms with E-state index < -0.39 is 0 Å². The molecule has 2 atom stereocenters. The van der Waals surface area contributed by atoms with Crippen molar-refractivity contribution in [2.45, 2.75) is 19.0 Å². The third-order valence-electron chi connectivity index (χ3n) is 5.14. The van der Waals surface area contributed by atoms with E-state index in [0.29, 0.717) is 25.2 Å². The van der Waals surface area contributed by atoms with Crippen LogP contribution in [-0.4, -0.2) is 43.2 Å². The first kappa shape index (κ1) is 16.4. The molecule has 2 aromatic rings. The van der Waals surface area contributed by atoms with Crippen molar-refractivity contribution in [3.8, 4) is 11.5 Å². The number of hydrogen-bond acceptors (Lipinski definition) is 5. The lowest BCUT2D eigenvalue weighted by Gasteiger charge is -2.25. The fourth-order valence-electron chi connectivity index (χ4n) is 3.92. The third kappa shape index (κ3) is 3.62. The number of likely N-dealkylation sites (tertiary alicyclic amines) is 1. The van der Waals surface area contributed by atoms with Crippen molar-refractivity contribution in [2.75, 3.05) is 33.4 Å². The van der Waals surface area contributed by atoms with Crippen LogP contribution in [0.5, 0.6) is 11.5 Å². The summed E-state index contributed by atoms with van der Waals surface area (Å²) in [5.74, 6) is 2.31. The van der Waals surface area contributed by atoms with Crippen LogP contribution in [0.4, 0.5) is 0 Å². The number of hydrogen-bond donors (Lipinski definition) is 1. The summed E-state index contributed by atoms with van der Waals surface area (Å²) >= 11 is 0. The summed E-state index contributed by atoms with van der Waals surface area (Å²) in [6, 6.07) is 10.9. The van der Waals surface area contributed by atoms with Crippen LogP contribution >= 0.6 is 0 Å². The smallest absolute Gasteiger partial charge is 0.161 e. The van der Waals surface area contributed by atoms with E-state index in [-0.39, 0.29) is 0 Å². The summed E-state index contributed by atoms with van der Waals surface area (Å²) in [5, 5.41) is 3.63. The molecule has 0 radical (unpaired) electrons. The summed E-state index contributed by atoms with van der Waals surface area (Å²) in [5.41, 5.74) is 2.54. The molecule has 1 saturated heterocycles. The van der Waals surface area contributed by atoms with E-state index in [4.69, 9.17) is 9.47 Å². The highest BCUT2D eigenvalue weighted by molar-refractivity contribution is 5.43. The van der Waals surface area contributed by atoms with Gasteiger partial charge in [0, 0.05) is 31.5 Å². The van der Waals surface area contributed by atoms with Gasteiger partial charge in [0.25, 0.3) is 0 Å². The maximum absolute atomic E-state index is 5.67. The van der Waals surface area contributed by atoms with E-state index in [9.17, 15) is 0 Å². The Morgan fingerprint density at radius 3 is 2.92 bits per heavy atom. The summed E-state index contributed by atoms with van der Waals surface area (Å²) in [4.78, 5) is 6.73. The quantitative estimate of drug-likeness (QED) is 0.907. The van der Waals surface area contributed by atoms with Crippen LogP contribution in [0.3, 0.4) is 0 Å². The first-order chi connectivity index (χ1) is 12.3. The number of nitrogens with one attached hydrogen (secondary N) is 1. The average molecular weight is 339 g/mol. The number of benzene rings is 1. The van der Waals surface area contributed by atoms with Gasteiger partial charge in [-0.3, -0.25) is 9.88 Å². The molecule has 0 saturated carbocycles. The van der Waals surface area contributed by atoms with Gasteiger partial charge in [0.1, 0.15) is 13.2 Å². The maximum Gasteiger partial charge on any atom is 0.161 e. The van der Waals surface area contributed by atoms with E-state index in [2.05, 4.69) is 40.4 Å². The Labute approximate surface area is 149 Å². The number of rotatable bonds is 5. The Balaban J connectivity index is 1.36. The van der Waals surface area contributed by atoms with Crippen molar-refractivity contribution in [3.05, 3.63) is 53.9 Å². The SMILES string of the molecule is CN1CC[C@@H](CNCc2ccc3c(c2)OCCO3)[C@@H]1c1cccnc1. The van der Waals surface area contributed by atoms with Crippen LogP contribution in [0.2, 0.25) is 0 Å². The van der Waals surface area contributed by atoms with E-state index in [1.807, 2.05) is 24.5 Å². The Hall–Kier alpha value is -2.11. The summed E-state index contributed by atoms with van der Waals surface area (Å²) in [6.45, 7) is 4.24. The molecule has 0 spiro atoms. The van der Waals surface area contributed by atoms with Gasteiger partial charge in [-0.15, -0.1) is 0 Å². The first-order valence-corrected chi connectivity index (χ1v) is 9.00. The van der Waals surface area contributed by atoms with Gasteiger partial charge >= 0.3 is 0 Å². The second-order valence-electron chi connectivity index (χ2n) is 6.87. The molecule has 0 bridgehead atoms. The largest absolute Gasteiger partial charge is 0.486 e. The normalized spacial score (nSPS) is 22.9. The lowest BCUT2D eigenvalue weighted by molar-refractivity contribution is 0.171. The standard InChI is InChI=1S/C20H25N3O2/c1-23-8-6-17(20(23)16-3-2-7-21-13-16)14-22-12-15-4-5-18-19(11-15)25-10-9-24-18/h2-5,7,11,13,17,20,22H,6,8-10,12,14H2,1H3/t17-,20-/m0/s1. The number of nitrogens with zero attached hydrogens (tertiary/aromatic N) is 2. The zero-order chi connectivity index (χ0) is 17.1. The van der Waals surface area contributed by atoms with Gasteiger partial charge < -0.3 is 14.8 Å². The molecule has 0 unspecified atom stereocenters. The van der Waals surface area contributed by atoms with Crippen molar-refractivity contribution < 1.29 is 9.47 Å². The van der Waals surface area contributed by atoms with E-state index >= 15 is 0 Å². The molecule has 1 aromatic carbocycles. The number of pyridine rings is 1. The Bertz CT molecular complexity index is 707. The Morgan fingerprint density at radius 1 is 1.20 bits per heavy atom. The molecule has 132 valence electrons. The van der Waals surface area contributed by atoms with Crippen LogP contribution in [-0.2, 0) is 6.54 Å². The molecule has 2 aliphatic rings. The van der Waals surface area contributed by atoms with Gasteiger partial charge in [-0.2, -0.15) is 0 Å². The monoisotopic (exact) mass is 339 g/mol. The predicted octanol–water partition coefficient (Wildman–Crippen LogP) is 2.64. The lowest BCUT2D eigenvalue weighted by atomic mass is 9.94. The highest BCUT2D eigenvalue weighted by atomic mass is 16.6. The second kappa shape index (κ2) is 7.42. The molecule has 1 N–H and O–H groups in total. The molecule has 5 heteroatoms. The summed E-state index contributed by atoms with van der Waals surface area (Å²) in [6.07, 6.45) is 5.05. The topological polar surface area (TPSA) is 46.6 Å². The molecule has 4 rings (SSSR count). The van der Waals surface area contributed by atoms with Gasteiger partial charge in [-0.25, -0.2) is 0 Å². The van der Waals surface area contributed by atoms with Crippen LogP contribution in [0.25, 0.3) is 0 Å². The molecule has 1 aromatic heterocycles. The average Bonchev–Trinajstić information content (AvgIpc) is 3.03. The molecular weight excluding hydrogens is 314 g/mol. The fourth-order valence-corrected chi connectivity index (χ4v) is 3.92. The minimum absolute atomic E-state index is 0.446. The van der Waals surface area contributed by atoms with E-state index in [1.54, 1.807) is 0 Å². The zero-order valence-electron chi connectivity index (χ0n) is 14.6. The summed E-state index contributed by atoms with van der Waals surface area (Å²) in [7, 11) is 2.21. The second-order valence-corrected chi connectivity index (χ2v) is 6.87. The lowest BCUT2D eigenvalue weighted by Crippen LogP contribution is -2.28. The van der Waals surface area contributed by atoms with Crippen LogP contribution in [0, 0.1) is 5.92 Å². The highest BCUT2D eigenvalue weighted by Gasteiger charge is 2.32. The predicted molar refractivity (Wildman–Crippen MR) is 96.9 cm³/mol. The van der Waals surface area contributed by atoms with Crippen molar-refractivity contribution in [1.29, 1.82) is 0 Å². The van der Waals surface area contributed by atoms with Gasteiger partial charge in [0.05, 0.1) is 0 Å². The molecule has 0 amide bonds. The van der Waals surface area contributed by atoms with E-state index in [0.717, 1.165) is 31.1 Å². The Morgan fingerprint density at radius 2 is 2.08 bits per heavy atom. The van der Waals surface area contributed by atoms with Gasteiger partial charge in [0.2, 0.25) is 0 Å². The third-order valence-corrected chi connectivity index (χ3v) is 5.14.